The van der Waals surface area contributed by atoms with Gasteiger partial charge in [0.15, 0.2) is 6.61 Å². The Balaban J connectivity index is 1.43. The summed E-state index contributed by atoms with van der Waals surface area (Å²) in [6.45, 7) is 1.87. The predicted octanol–water partition coefficient (Wildman–Crippen LogP) is 1.38. The first-order valence-electron chi connectivity index (χ1n) is 8.23. The number of hydrogen-bond donors (Lipinski definition) is 2. The molecule has 0 aliphatic heterocycles. The molecule has 2 amide bonds. The number of hydrazine groups is 1. The first-order valence-corrected chi connectivity index (χ1v) is 9.10. The summed E-state index contributed by atoms with van der Waals surface area (Å²) in [5.74, 6) is -0.327. The van der Waals surface area contributed by atoms with Gasteiger partial charge in [-0.1, -0.05) is 12.1 Å². The lowest BCUT2D eigenvalue weighted by atomic mass is 10.2. The second-order valence-electron chi connectivity index (χ2n) is 5.83. The summed E-state index contributed by atoms with van der Waals surface area (Å²) in [7, 11) is 0. The highest BCUT2D eigenvalue weighted by Gasteiger charge is 2.09. The fourth-order valence-corrected chi connectivity index (χ4v) is 3.09. The maximum absolute atomic E-state index is 12.2. The molecule has 0 aliphatic carbocycles. The lowest BCUT2D eigenvalue weighted by Gasteiger charge is -2.09. The van der Waals surface area contributed by atoms with E-state index >= 15 is 0 Å². The van der Waals surface area contributed by atoms with Gasteiger partial charge in [-0.15, -0.1) is 11.3 Å². The molecule has 0 fully saturated rings. The fraction of sp³-hybridized carbons (Fsp3) is 0.222. The molecule has 3 aromatic rings. The van der Waals surface area contributed by atoms with E-state index in [-0.39, 0.29) is 25.1 Å². The van der Waals surface area contributed by atoms with Gasteiger partial charge in [0.25, 0.3) is 11.5 Å². The summed E-state index contributed by atoms with van der Waals surface area (Å²) in [5.41, 5.74) is 5.41. The van der Waals surface area contributed by atoms with Crippen LogP contribution in [-0.4, -0.2) is 28.0 Å². The lowest BCUT2D eigenvalue weighted by Crippen LogP contribution is -2.44. The molecule has 0 bridgehead atoms. The minimum absolute atomic E-state index is 0.0241. The Hall–Kier alpha value is -3.20. The quantitative estimate of drug-likeness (QED) is 0.623. The molecule has 8 nitrogen and oxygen atoms in total. The predicted molar refractivity (Wildman–Crippen MR) is 101 cm³/mol. The summed E-state index contributed by atoms with van der Waals surface area (Å²) in [5, 5.41) is 2.33. The topological polar surface area (TPSA) is 102 Å². The monoisotopic (exact) mass is 386 g/mol. The van der Waals surface area contributed by atoms with E-state index in [9.17, 15) is 14.4 Å². The number of aryl methyl sites for hydroxylation is 2. The first-order chi connectivity index (χ1) is 13.0. The number of rotatable bonds is 6. The molecule has 2 N–H and O–H groups in total. The number of carbonyl (C=O) groups excluding carboxylic acids is 2. The first kappa shape index (κ1) is 18.6. The summed E-state index contributed by atoms with van der Waals surface area (Å²) in [6.07, 6.45) is 1.44. The van der Waals surface area contributed by atoms with E-state index in [1.807, 2.05) is 25.1 Å². The van der Waals surface area contributed by atoms with Crippen molar-refractivity contribution in [3.63, 3.8) is 0 Å². The normalized spacial score (nSPS) is 10.6. The third-order valence-corrected chi connectivity index (χ3v) is 4.55. The molecule has 140 valence electrons. The summed E-state index contributed by atoms with van der Waals surface area (Å²) in [4.78, 5) is 40.7. The Morgan fingerprint density at radius 1 is 1.22 bits per heavy atom. The standard InChI is InChI=1S/C18H18N4O4S/c1-12-3-2-4-13(9-12)26-10-16(24)21-20-15(23)5-7-22-11-19-17-14(18(22)25)6-8-27-17/h2-4,6,8-9,11H,5,7,10H2,1H3,(H,20,23)(H,21,24). The van der Waals surface area contributed by atoms with Crippen molar-refractivity contribution in [3.05, 3.63) is 58.0 Å². The summed E-state index contributed by atoms with van der Waals surface area (Å²) in [6, 6.07) is 9.01. The highest BCUT2D eigenvalue weighted by Crippen LogP contribution is 2.13. The van der Waals surface area contributed by atoms with Crippen LogP contribution in [0.2, 0.25) is 0 Å². The zero-order chi connectivity index (χ0) is 19.2. The smallest absolute Gasteiger partial charge is 0.276 e. The van der Waals surface area contributed by atoms with Gasteiger partial charge in [0, 0.05) is 13.0 Å². The van der Waals surface area contributed by atoms with Crippen molar-refractivity contribution in [2.75, 3.05) is 6.61 Å². The minimum atomic E-state index is -0.483. The average molecular weight is 386 g/mol. The van der Waals surface area contributed by atoms with Gasteiger partial charge in [0.1, 0.15) is 10.6 Å². The van der Waals surface area contributed by atoms with E-state index < -0.39 is 11.8 Å². The van der Waals surface area contributed by atoms with Gasteiger partial charge in [-0.3, -0.25) is 29.8 Å². The number of aromatic nitrogens is 2. The number of ether oxygens (including phenoxy) is 1. The van der Waals surface area contributed by atoms with Crippen LogP contribution < -0.4 is 21.1 Å². The number of benzene rings is 1. The Labute approximate surface area is 158 Å². The molecule has 0 saturated heterocycles. The Kier molecular flexibility index (Phi) is 5.82. The second-order valence-corrected chi connectivity index (χ2v) is 6.73. The van der Waals surface area contributed by atoms with E-state index in [1.165, 1.54) is 22.2 Å². The molecule has 2 aromatic heterocycles. The molecule has 1 aromatic carbocycles. The van der Waals surface area contributed by atoms with Gasteiger partial charge in [-0.05, 0) is 36.1 Å². The van der Waals surface area contributed by atoms with Crippen LogP contribution >= 0.6 is 11.3 Å². The van der Waals surface area contributed by atoms with Crippen molar-refractivity contribution in [3.8, 4) is 5.75 Å². The molecule has 0 radical (unpaired) electrons. The third kappa shape index (κ3) is 4.91. The Bertz CT molecular complexity index is 1030. The van der Waals surface area contributed by atoms with Crippen LogP contribution in [-0.2, 0) is 16.1 Å². The molecule has 27 heavy (non-hydrogen) atoms. The van der Waals surface area contributed by atoms with Gasteiger partial charge in [-0.2, -0.15) is 0 Å². The number of fused-ring (bicyclic) bond motifs is 1. The van der Waals surface area contributed by atoms with Crippen LogP contribution in [0.3, 0.4) is 0 Å². The molecule has 3 rings (SSSR count). The number of amides is 2. The van der Waals surface area contributed by atoms with Crippen molar-refractivity contribution in [2.24, 2.45) is 0 Å². The molecular formula is C18H18N4O4S. The number of thiophene rings is 1. The van der Waals surface area contributed by atoms with Crippen molar-refractivity contribution in [1.82, 2.24) is 20.4 Å². The number of carbonyl (C=O) groups is 2. The van der Waals surface area contributed by atoms with Crippen molar-refractivity contribution in [1.29, 1.82) is 0 Å². The molecule has 0 aliphatic rings. The SMILES string of the molecule is Cc1cccc(OCC(=O)NNC(=O)CCn2cnc3sccc3c2=O)c1. The average Bonchev–Trinajstić information content (AvgIpc) is 3.14. The number of nitrogens with zero attached hydrogens (tertiary/aromatic N) is 2. The van der Waals surface area contributed by atoms with E-state index in [0.717, 1.165) is 5.56 Å². The number of nitrogens with one attached hydrogen (secondary N) is 2. The maximum atomic E-state index is 12.2. The largest absolute Gasteiger partial charge is 0.484 e. The van der Waals surface area contributed by atoms with Crippen LogP contribution in [0.1, 0.15) is 12.0 Å². The van der Waals surface area contributed by atoms with Crippen LogP contribution in [0.5, 0.6) is 5.75 Å². The van der Waals surface area contributed by atoms with Crippen molar-refractivity contribution < 1.29 is 14.3 Å². The van der Waals surface area contributed by atoms with Crippen LogP contribution in [0.4, 0.5) is 0 Å². The third-order valence-electron chi connectivity index (χ3n) is 3.73. The van der Waals surface area contributed by atoms with Gasteiger partial charge in [0.05, 0.1) is 11.7 Å². The molecule has 0 spiro atoms. The highest BCUT2D eigenvalue weighted by atomic mass is 32.1. The molecule has 2 heterocycles. The zero-order valence-electron chi connectivity index (χ0n) is 14.6. The molecule has 9 heteroatoms. The van der Waals surface area contributed by atoms with E-state index in [4.69, 9.17) is 4.74 Å². The Morgan fingerprint density at radius 2 is 2.04 bits per heavy atom. The van der Waals surface area contributed by atoms with Gasteiger partial charge < -0.3 is 4.74 Å². The highest BCUT2D eigenvalue weighted by molar-refractivity contribution is 7.16. The molecule has 0 unspecified atom stereocenters. The zero-order valence-corrected chi connectivity index (χ0v) is 15.4. The van der Waals surface area contributed by atoms with Crippen LogP contribution in [0.15, 0.2) is 46.8 Å². The van der Waals surface area contributed by atoms with Crippen LogP contribution in [0.25, 0.3) is 10.2 Å². The van der Waals surface area contributed by atoms with Gasteiger partial charge >= 0.3 is 0 Å². The van der Waals surface area contributed by atoms with E-state index in [2.05, 4.69) is 15.8 Å². The van der Waals surface area contributed by atoms with E-state index in [1.54, 1.807) is 17.5 Å². The molecule has 0 saturated carbocycles. The Morgan fingerprint density at radius 3 is 2.85 bits per heavy atom. The van der Waals surface area contributed by atoms with Crippen molar-refractivity contribution >= 4 is 33.4 Å². The van der Waals surface area contributed by atoms with Gasteiger partial charge in [0.2, 0.25) is 5.91 Å². The lowest BCUT2D eigenvalue weighted by molar-refractivity contribution is -0.130. The molecule has 0 atom stereocenters. The number of hydrogen-bond acceptors (Lipinski definition) is 6. The van der Waals surface area contributed by atoms with Crippen LogP contribution in [0, 0.1) is 6.92 Å². The molecular weight excluding hydrogens is 368 g/mol. The summed E-state index contributed by atoms with van der Waals surface area (Å²) >= 11 is 1.39. The second kappa shape index (κ2) is 8.45. The van der Waals surface area contributed by atoms with E-state index in [0.29, 0.717) is 16.0 Å². The maximum Gasteiger partial charge on any atom is 0.276 e. The minimum Gasteiger partial charge on any atom is -0.484 e. The van der Waals surface area contributed by atoms with Gasteiger partial charge in [-0.25, -0.2) is 4.98 Å². The summed E-state index contributed by atoms with van der Waals surface area (Å²) < 4.78 is 6.72. The fourth-order valence-electron chi connectivity index (χ4n) is 2.37. The van der Waals surface area contributed by atoms with Crippen molar-refractivity contribution in [2.45, 2.75) is 19.9 Å².